The van der Waals surface area contributed by atoms with Crippen LogP contribution in [0.25, 0.3) is 0 Å². The van der Waals surface area contributed by atoms with Gasteiger partial charge in [-0.15, -0.1) is 0 Å². The van der Waals surface area contributed by atoms with Crippen LogP contribution < -0.4 is 5.32 Å². The Balaban J connectivity index is 1.45. The summed E-state index contributed by atoms with van der Waals surface area (Å²) in [5.74, 6) is 0.802. The molecule has 110 valence electrons. The normalized spacial score (nSPS) is 19.6. The number of rotatable bonds is 7. The van der Waals surface area contributed by atoms with E-state index < -0.39 is 0 Å². The zero-order valence-corrected chi connectivity index (χ0v) is 13.6. The molecule has 2 fully saturated rings. The number of nitrogens with one attached hydrogen (secondary N) is 1. The number of hydrogen-bond acceptors (Lipinski definition) is 2. The third-order valence-electron chi connectivity index (χ3n) is 4.38. The quantitative estimate of drug-likeness (QED) is 0.795. The average Bonchev–Trinajstić information content (AvgIpc) is 3.14. The smallest absolute Gasteiger partial charge is 0.0727 e. The van der Waals surface area contributed by atoms with E-state index >= 15 is 0 Å². The maximum Gasteiger partial charge on any atom is 0.0727 e. The minimum atomic E-state index is 0.730. The zero-order chi connectivity index (χ0) is 13.8. The van der Waals surface area contributed by atoms with Crippen LogP contribution >= 0.6 is 15.9 Å². The van der Waals surface area contributed by atoms with Crippen molar-refractivity contribution in [1.82, 2.24) is 5.32 Å². The topological polar surface area (TPSA) is 21.3 Å². The molecule has 0 unspecified atom stereocenters. The van der Waals surface area contributed by atoms with Crippen molar-refractivity contribution >= 4 is 15.9 Å². The molecule has 1 N–H and O–H groups in total. The Labute approximate surface area is 130 Å². The second-order valence-electron chi connectivity index (χ2n) is 6.25. The van der Waals surface area contributed by atoms with Gasteiger partial charge in [-0.1, -0.05) is 40.9 Å². The highest BCUT2D eigenvalue weighted by Crippen LogP contribution is 2.26. The fourth-order valence-electron chi connectivity index (χ4n) is 2.88. The van der Waals surface area contributed by atoms with Gasteiger partial charge in [-0.05, 0) is 48.8 Å². The first-order valence-electron chi connectivity index (χ1n) is 7.89. The molecular formula is C17H24BrNO. The molecule has 0 aromatic heterocycles. The van der Waals surface area contributed by atoms with Gasteiger partial charge < -0.3 is 10.1 Å². The third kappa shape index (κ3) is 4.31. The second-order valence-corrected chi connectivity index (χ2v) is 7.10. The third-order valence-corrected chi connectivity index (χ3v) is 5.11. The standard InChI is InChI=1S/C17H24BrNO/c18-17-9-14(10-19-16-7-8-16)5-6-15(17)12-20-11-13-3-1-2-4-13/h5-6,9,13,16,19H,1-4,7-8,10-12H2. The maximum atomic E-state index is 5.89. The molecule has 20 heavy (non-hydrogen) atoms. The summed E-state index contributed by atoms with van der Waals surface area (Å²) in [6.45, 7) is 2.64. The first-order valence-corrected chi connectivity index (χ1v) is 8.69. The first-order chi connectivity index (χ1) is 9.81. The summed E-state index contributed by atoms with van der Waals surface area (Å²) in [4.78, 5) is 0. The van der Waals surface area contributed by atoms with Gasteiger partial charge >= 0.3 is 0 Å². The van der Waals surface area contributed by atoms with Crippen molar-refractivity contribution in [3.8, 4) is 0 Å². The van der Waals surface area contributed by atoms with Crippen LogP contribution in [-0.2, 0) is 17.9 Å². The predicted molar refractivity (Wildman–Crippen MR) is 85.6 cm³/mol. The van der Waals surface area contributed by atoms with Crippen molar-refractivity contribution in [3.63, 3.8) is 0 Å². The lowest BCUT2D eigenvalue weighted by molar-refractivity contribution is 0.0885. The summed E-state index contributed by atoms with van der Waals surface area (Å²) >= 11 is 3.68. The van der Waals surface area contributed by atoms with Crippen molar-refractivity contribution in [3.05, 3.63) is 33.8 Å². The molecule has 0 amide bonds. The molecule has 3 rings (SSSR count). The lowest BCUT2D eigenvalue weighted by Crippen LogP contribution is -2.15. The van der Waals surface area contributed by atoms with Crippen molar-refractivity contribution in [2.24, 2.45) is 5.92 Å². The van der Waals surface area contributed by atoms with Gasteiger partial charge in [-0.25, -0.2) is 0 Å². The van der Waals surface area contributed by atoms with E-state index in [1.807, 2.05) is 0 Å². The van der Waals surface area contributed by atoms with E-state index in [-0.39, 0.29) is 0 Å². The van der Waals surface area contributed by atoms with Crippen molar-refractivity contribution < 1.29 is 4.74 Å². The molecule has 2 nitrogen and oxygen atoms in total. The molecule has 2 aliphatic rings. The van der Waals surface area contributed by atoms with Crippen LogP contribution in [0.3, 0.4) is 0 Å². The molecule has 0 aliphatic heterocycles. The minimum Gasteiger partial charge on any atom is -0.376 e. The highest BCUT2D eigenvalue weighted by molar-refractivity contribution is 9.10. The Morgan fingerprint density at radius 2 is 1.95 bits per heavy atom. The highest BCUT2D eigenvalue weighted by atomic mass is 79.9. The fourth-order valence-corrected chi connectivity index (χ4v) is 3.42. The Morgan fingerprint density at radius 3 is 2.65 bits per heavy atom. The van der Waals surface area contributed by atoms with E-state index in [2.05, 4.69) is 39.4 Å². The number of ether oxygens (including phenoxy) is 1. The van der Waals surface area contributed by atoms with Gasteiger partial charge in [-0.3, -0.25) is 0 Å². The predicted octanol–water partition coefficient (Wildman–Crippen LogP) is 4.41. The van der Waals surface area contributed by atoms with Crippen molar-refractivity contribution in [1.29, 1.82) is 0 Å². The molecule has 3 heteroatoms. The number of halogens is 1. The molecule has 1 aromatic carbocycles. The van der Waals surface area contributed by atoms with E-state index in [1.165, 1.54) is 54.1 Å². The Hall–Kier alpha value is -0.380. The van der Waals surface area contributed by atoms with E-state index in [1.54, 1.807) is 0 Å². The monoisotopic (exact) mass is 337 g/mol. The summed E-state index contributed by atoms with van der Waals surface area (Å²) in [7, 11) is 0. The minimum absolute atomic E-state index is 0.730. The summed E-state index contributed by atoms with van der Waals surface area (Å²) in [5.41, 5.74) is 2.61. The van der Waals surface area contributed by atoms with E-state index in [0.29, 0.717) is 0 Å². The molecule has 0 heterocycles. The summed E-state index contributed by atoms with van der Waals surface area (Å²) in [6.07, 6.45) is 8.17. The lowest BCUT2D eigenvalue weighted by atomic mass is 10.1. The molecule has 2 aliphatic carbocycles. The Kier molecular flexibility index (Phi) is 5.14. The summed E-state index contributed by atoms with van der Waals surface area (Å²) in [5, 5.41) is 3.55. The Bertz CT molecular complexity index is 439. The van der Waals surface area contributed by atoms with Crippen LogP contribution in [0.2, 0.25) is 0 Å². The largest absolute Gasteiger partial charge is 0.376 e. The van der Waals surface area contributed by atoms with Crippen LogP contribution in [-0.4, -0.2) is 12.6 Å². The molecule has 2 saturated carbocycles. The van der Waals surface area contributed by atoms with Gasteiger partial charge in [0, 0.05) is 23.7 Å². The van der Waals surface area contributed by atoms with E-state index in [0.717, 1.165) is 31.7 Å². The lowest BCUT2D eigenvalue weighted by Gasteiger charge is -2.12. The average molecular weight is 338 g/mol. The number of benzene rings is 1. The SMILES string of the molecule is Brc1cc(CNC2CC2)ccc1COCC1CCCC1. The molecule has 0 saturated heterocycles. The molecule has 0 bridgehead atoms. The number of hydrogen-bond donors (Lipinski definition) is 1. The Morgan fingerprint density at radius 1 is 1.15 bits per heavy atom. The van der Waals surface area contributed by atoms with Crippen molar-refractivity contribution in [2.75, 3.05) is 6.61 Å². The van der Waals surface area contributed by atoms with Crippen LogP contribution in [0.1, 0.15) is 49.7 Å². The van der Waals surface area contributed by atoms with Gasteiger partial charge in [0.2, 0.25) is 0 Å². The maximum absolute atomic E-state index is 5.89. The van der Waals surface area contributed by atoms with Gasteiger partial charge in [0.05, 0.1) is 6.61 Å². The summed E-state index contributed by atoms with van der Waals surface area (Å²) in [6, 6.07) is 7.41. The van der Waals surface area contributed by atoms with E-state index in [4.69, 9.17) is 4.74 Å². The fraction of sp³-hybridized carbons (Fsp3) is 0.647. The van der Waals surface area contributed by atoms with Crippen molar-refractivity contribution in [2.45, 2.75) is 57.7 Å². The summed E-state index contributed by atoms with van der Waals surface area (Å²) < 4.78 is 7.07. The van der Waals surface area contributed by atoms with Gasteiger partial charge in [0.1, 0.15) is 0 Å². The van der Waals surface area contributed by atoms with E-state index in [9.17, 15) is 0 Å². The van der Waals surface area contributed by atoms with Gasteiger partial charge in [0.15, 0.2) is 0 Å². The van der Waals surface area contributed by atoms with Crippen LogP contribution in [0.15, 0.2) is 22.7 Å². The zero-order valence-electron chi connectivity index (χ0n) is 12.0. The molecule has 1 aromatic rings. The van der Waals surface area contributed by atoms with Gasteiger partial charge in [0.25, 0.3) is 0 Å². The first kappa shape index (κ1) is 14.6. The highest BCUT2D eigenvalue weighted by Gasteiger charge is 2.20. The van der Waals surface area contributed by atoms with Gasteiger partial charge in [-0.2, -0.15) is 0 Å². The molecule has 0 spiro atoms. The van der Waals surface area contributed by atoms with Crippen LogP contribution in [0.4, 0.5) is 0 Å². The van der Waals surface area contributed by atoms with Crippen LogP contribution in [0, 0.1) is 5.92 Å². The second kappa shape index (κ2) is 7.06. The molecule has 0 atom stereocenters. The van der Waals surface area contributed by atoms with Crippen LogP contribution in [0.5, 0.6) is 0 Å². The molecular weight excluding hydrogens is 314 g/mol. The molecule has 0 radical (unpaired) electrons.